The van der Waals surface area contributed by atoms with Crippen molar-refractivity contribution in [2.45, 2.75) is 31.9 Å². The zero-order chi connectivity index (χ0) is 19.1. The molecule has 0 saturated carbocycles. The highest BCUT2D eigenvalue weighted by Gasteiger charge is 2.46. The molecule has 2 N–H and O–H groups in total. The van der Waals surface area contributed by atoms with Gasteiger partial charge in [0.15, 0.2) is 0 Å². The number of benzene rings is 1. The maximum Gasteiger partial charge on any atom is 0.410 e. The Balaban J connectivity index is 1.49. The fraction of sp³-hybridized carbons (Fsp3) is 0.600. The molecule has 1 atom stereocenters. The highest BCUT2D eigenvalue weighted by atomic mass is 16.6. The molecule has 1 aromatic rings. The zero-order valence-electron chi connectivity index (χ0n) is 16.1. The van der Waals surface area contributed by atoms with E-state index >= 15 is 0 Å². The smallest absolute Gasteiger partial charge is 0.410 e. The van der Waals surface area contributed by atoms with E-state index in [9.17, 15) is 9.59 Å². The Kier molecular flexibility index (Phi) is 6.68. The molecular formula is C20H30N4O3. The number of hydrogen-bond acceptors (Lipinski definition) is 5. The Bertz CT molecular complexity index is 633. The molecule has 7 heteroatoms. The van der Waals surface area contributed by atoms with Gasteiger partial charge < -0.3 is 15.4 Å². The lowest BCUT2D eigenvalue weighted by Crippen LogP contribution is -2.56. The van der Waals surface area contributed by atoms with E-state index in [1.807, 2.05) is 37.3 Å². The van der Waals surface area contributed by atoms with Crippen LogP contribution in [0.25, 0.3) is 0 Å². The Morgan fingerprint density at radius 1 is 1.19 bits per heavy atom. The molecule has 2 aliphatic rings. The van der Waals surface area contributed by atoms with E-state index in [4.69, 9.17) is 4.74 Å². The Hall–Kier alpha value is -2.12. The van der Waals surface area contributed by atoms with Crippen LogP contribution in [-0.4, -0.2) is 73.2 Å². The van der Waals surface area contributed by atoms with Gasteiger partial charge in [-0.1, -0.05) is 30.3 Å². The van der Waals surface area contributed by atoms with E-state index in [-0.39, 0.29) is 12.5 Å². The van der Waals surface area contributed by atoms with Crippen LogP contribution in [0.3, 0.4) is 0 Å². The maximum atomic E-state index is 12.8. The molecule has 2 fully saturated rings. The molecule has 2 saturated heterocycles. The summed E-state index contributed by atoms with van der Waals surface area (Å²) in [6, 6.07) is 9.58. The molecule has 0 radical (unpaired) electrons. The van der Waals surface area contributed by atoms with Crippen molar-refractivity contribution >= 4 is 12.0 Å². The summed E-state index contributed by atoms with van der Waals surface area (Å²) in [5, 5.41) is 6.34. The molecule has 2 heterocycles. The van der Waals surface area contributed by atoms with Crippen LogP contribution in [0.1, 0.15) is 25.3 Å². The zero-order valence-corrected chi connectivity index (χ0v) is 16.1. The van der Waals surface area contributed by atoms with Gasteiger partial charge in [-0.05, 0) is 25.3 Å². The molecule has 1 aromatic carbocycles. The molecule has 2 amide bonds. The SMILES string of the molecule is CC1(C(=O)NCCN2CCNCC2)CCCN1C(=O)OCc1ccccc1. The maximum absolute atomic E-state index is 12.8. The average molecular weight is 374 g/mol. The van der Waals surface area contributed by atoms with E-state index < -0.39 is 11.6 Å². The number of nitrogens with zero attached hydrogens (tertiary/aromatic N) is 2. The first-order valence-corrected chi connectivity index (χ1v) is 9.79. The third kappa shape index (κ3) is 4.99. The molecule has 148 valence electrons. The Morgan fingerprint density at radius 3 is 2.67 bits per heavy atom. The topological polar surface area (TPSA) is 73.9 Å². The van der Waals surface area contributed by atoms with E-state index in [2.05, 4.69) is 15.5 Å². The fourth-order valence-electron chi connectivity index (χ4n) is 3.74. The lowest BCUT2D eigenvalue weighted by molar-refractivity contribution is -0.130. The van der Waals surface area contributed by atoms with Crippen molar-refractivity contribution in [1.82, 2.24) is 20.4 Å². The first-order chi connectivity index (χ1) is 13.1. The van der Waals surface area contributed by atoms with Gasteiger partial charge in [-0.25, -0.2) is 4.79 Å². The van der Waals surface area contributed by atoms with Gasteiger partial charge >= 0.3 is 6.09 Å². The fourth-order valence-corrected chi connectivity index (χ4v) is 3.74. The van der Waals surface area contributed by atoms with Crippen molar-refractivity contribution < 1.29 is 14.3 Å². The number of carbonyl (C=O) groups excluding carboxylic acids is 2. The van der Waals surface area contributed by atoms with Crippen LogP contribution >= 0.6 is 0 Å². The molecule has 0 spiro atoms. The molecule has 0 aromatic heterocycles. The van der Waals surface area contributed by atoms with Crippen molar-refractivity contribution in [3.63, 3.8) is 0 Å². The van der Waals surface area contributed by atoms with Gasteiger partial charge in [0.25, 0.3) is 0 Å². The van der Waals surface area contributed by atoms with Gasteiger partial charge in [0.2, 0.25) is 5.91 Å². The minimum Gasteiger partial charge on any atom is -0.445 e. The number of rotatable bonds is 6. The van der Waals surface area contributed by atoms with Crippen molar-refractivity contribution in [3.05, 3.63) is 35.9 Å². The summed E-state index contributed by atoms with van der Waals surface area (Å²) in [7, 11) is 0. The van der Waals surface area contributed by atoms with Crippen molar-refractivity contribution in [2.75, 3.05) is 45.8 Å². The van der Waals surface area contributed by atoms with Crippen LogP contribution in [0.2, 0.25) is 0 Å². The number of piperazine rings is 1. The first kappa shape index (κ1) is 19.6. The van der Waals surface area contributed by atoms with Crippen molar-refractivity contribution in [2.24, 2.45) is 0 Å². The van der Waals surface area contributed by atoms with Crippen LogP contribution < -0.4 is 10.6 Å². The van der Waals surface area contributed by atoms with Gasteiger partial charge in [-0.15, -0.1) is 0 Å². The second-order valence-electron chi connectivity index (χ2n) is 7.42. The molecule has 7 nitrogen and oxygen atoms in total. The molecule has 27 heavy (non-hydrogen) atoms. The predicted octanol–water partition coefficient (Wildman–Crippen LogP) is 1.20. The number of hydrogen-bond donors (Lipinski definition) is 2. The van der Waals surface area contributed by atoms with Gasteiger partial charge in [0, 0.05) is 45.8 Å². The van der Waals surface area contributed by atoms with E-state index in [1.54, 1.807) is 4.90 Å². The van der Waals surface area contributed by atoms with Crippen LogP contribution in [0, 0.1) is 0 Å². The minimum atomic E-state index is -0.836. The molecule has 1 unspecified atom stereocenters. The number of nitrogens with one attached hydrogen (secondary N) is 2. The van der Waals surface area contributed by atoms with Gasteiger partial charge in [-0.3, -0.25) is 14.6 Å². The van der Waals surface area contributed by atoms with E-state index in [0.29, 0.717) is 19.5 Å². The summed E-state index contributed by atoms with van der Waals surface area (Å²) in [5.74, 6) is -0.0909. The third-order valence-electron chi connectivity index (χ3n) is 5.48. The molecule has 3 rings (SSSR count). The summed E-state index contributed by atoms with van der Waals surface area (Å²) in [6.07, 6.45) is 1.05. The van der Waals surface area contributed by atoms with Crippen molar-refractivity contribution in [3.8, 4) is 0 Å². The number of amides is 2. The third-order valence-corrected chi connectivity index (χ3v) is 5.48. The summed E-state index contributed by atoms with van der Waals surface area (Å²) < 4.78 is 5.45. The largest absolute Gasteiger partial charge is 0.445 e. The molecule has 0 bridgehead atoms. The van der Waals surface area contributed by atoms with E-state index in [1.165, 1.54) is 0 Å². The number of ether oxygens (including phenoxy) is 1. The Labute approximate surface area is 161 Å². The highest BCUT2D eigenvalue weighted by Crippen LogP contribution is 2.30. The van der Waals surface area contributed by atoms with Gasteiger partial charge in [0.05, 0.1) is 0 Å². The summed E-state index contributed by atoms with van der Waals surface area (Å²) >= 11 is 0. The highest BCUT2D eigenvalue weighted by molar-refractivity contribution is 5.90. The molecule has 2 aliphatic heterocycles. The summed E-state index contributed by atoms with van der Waals surface area (Å²) in [5.41, 5.74) is 0.101. The van der Waals surface area contributed by atoms with Gasteiger partial charge in [0.1, 0.15) is 12.1 Å². The Morgan fingerprint density at radius 2 is 1.93 bits per heavy atom. The van der Waals surface area contributed by atoms with Crippen LogP contribution in [0.15, 0.2) is 30.3 Å². The summed E-state index contributed by atoms with van der Waals surface area (Å²) in [4.78, 5) is 29.3. The lowest BCUT2D eigenvalue weighted by atomic mass is 9.98. The van der Waals surface area contributed by atoms with Gasteiger partial charge in [-0.2, -0.15) is 0 Å². The molecular weight excluding hydrogens is 344 g/mol. The predicted molar refractivity (Wildman–Crippen MR) is 103 cm³/mol. The number of likely N-dealkylation sites (tertiary alicyclic amines) is 1. The first-order valence-electron chi connectivity index (χ1n) is 9.79. The second kappa shape index (κ2) is 9.19. The monoisotopic (exact) mass is 374 g/mol. The standard InChI is InChI=1S/C20H30N4O3/c1-20(18(25)22-11-15-23-13-9-21-10-14-23)8-5-12-24(20)19(26)27-16-17-6-3-2-4-7-17/h2-4,6-7,21H,5,8-16H2,1H3,(H,22,25). The minimum absolute atomic E-state index is 0.0909. The quantitative estimate of drug-likeness (QED) is 0.783. The van der Waals surface area contributed by atoms with Crippen molar-refractivity contribution in [1.29, 1.82) is 0 Å². The van der Waals surface area contributed by atoms with Crippen LogP contribution in [-0.2, 0) is 16.1 Å². The van der Waals surface area contributed by atoms with E-state index in [0.717, 1.165) is 44.7 Å². The number of carbonyl (C=O) groups is 2. The van der Waals surface area contributed by atoms with Crippen LogP contribution in [0.4, 0.5) is 4.79 Å². The normalized spacial score (nSPS) is 23.2. The lowest BCUT2D eigenvalue weighted by Gasteiger charge is -2.33. The summed E-state index contributed by atoms with van der Waals surface area (Å²) in [6.45, 7) is 8.04. The van der Waals surface area contributed by atoms with Crippen LogP contribution in [0.5, 0.6) is 0 Å². The second-order valence-corrected chi connectivity index (χ2v) is 7.42. The molecule has 0 aliphatic carbocycles. The average Bonchev–Trinajstić information content (AvgIpc) is 3.11.